The lowest BCUT2D eigenvalue weighted by Gasteiger charge is -2.30. The van der Waals surface area contributed by atoms with Crippen molar-refractivity contribution in [3.05, 3.63) is 34.9 Å². The van der Waals surface area contributed by atoms with Crippen LogP contribution in [0.4, 0.5) is 0 Å². The van der Waals surface area contributed by atoms with Gasteiger partial charge in [-0.25, -0.2) is 0 Å². The first-order chi connectivity index (χ1) is 8.77. The minimum atomic E-state index is 0.738. The van der Waals surface area contributed by atoms with E-state index in [1.54, 1.807) is 0 Å². The first kappa shape index (κ1) is 13.9. The van der Waals surface area contributed by atoms with E-state index in [-0.39, 0.29) is 0 Å². The van der Waals surface area contributed by atoms with Gasteiger partial charge in [-0.15, -0.1) is 0 Å². The van der Waals surface area contributed by atoms with Gasteiger partial charge in [-0.3, -0.25) is 4.90 Å². The third-order valence-corrected chi connectivity index (χ3v) is 4.44. The van der Waals surface area contributed by atoms with Crippen molar-refractivity contribution in [1.82, 2.24) is 4.90 Å². The van der Waals surface area contributed by atoms with Crippen molar-refractivity contribution in [3.8, 4) is 0 Å². The van der Waals surface area contributed by atoms with Gasteiger partial charge in [0, 0.05) is 17.6 Å². The fourth-order valence-electron chi connectivity index (χ4n) is 2.90. The van der Waals surface area contributed by atoms with Crippen LogP contribution in [0.25, 0.3) is 0 Å². The van der Waals surface area contributed by atoms with Crippen molar-refractivity contribution in [1.29, 1.82) is 0 Å². The Morgan fingerprint density at radius 2 is 1.67 bits per heavy atom. The third-order valence-electron chi connectivity index (χ3n) is 4.08. The second kappa shape index (κ2) is 7.16. The molecule has 0 amide bonds. The van der Waals surface area contributed by atoms with Gasteiger partial charge in [0.15, 0.2) is 0 Å². The van der Waals surface area contributed by atoms with Gasteiger partial charge in [-0.1, -0.05) is 61.9 Å². The molecular weight excluding hydrogens is 242 g/mol. The van der Waals surface area contributed by atoms with Crippen molar-refractivity contribution in [2.24, 2.45) is 0 Å². The van der Waals surface area contributed by atoms with Crippen molar-refractivity contribution < 1.29 is 0 Å². The van der Waals surface area contributed by atoms with Crippen molar-refractivity contribution in [2.75, 3.05) is 7.05 Å². The monoisotopic (exact) mass is 265 g/mol. The van der Waals surface area contributed by atoms with E-state index in [1.165, 1.54) is 50.5 Å². The first-order valence-electron chi connectivity index (χ1n) is 7.21. The normalized spacial score (nSPS) is 18.6. The number of hydrogen-bond donors (Lipinski definition) is 0. The summed E-state index contributed by atoms with van der Waals surface area (Å²) in [5.74, 6) is 0. The number of rotatable bonds is 3. The molecule has 0 aliphatic heterocycles. The number of halogens is 1. The van der Waals surface area contributed by atoms with Gasteiger partial charge in [0.25, 0.3) is 0 Å². The number of benzene rings is 1. The highest BCUT2D eigenvalue weighted by Crippen LogP contribution is 2.23. The van der Waals surface area contributed by atoms with Gasteiger partial charge < -0.3 is 0 Å². The summed E-state index contributed by atoms with van der Waals surface area (Å²) in [5, 5.41) is 0.898. The Hall–Kier alpha value is -0.530. The highest BCUT2D eigenvalue weighted by Gasteiger charge is 2.16. The molecule has 1 aromatic carbocycles. The zero-order valence-corrected chi connectivity index (χ0v) is 12.1. The molecule has 0 saturated heterocycles. The van der Waals surface area contributed by atoms with Crippen LogP contribution in [0.15, 0.2) is 24.3 Å². The molecule has 1 fully saturated rings. The lowest BCUT2D eigenvalue weighted by atomic mass is 9.95. The van der Waals surface area contributed by atoms with E-state index in [2.05, 4.69) is 24.1 Å². The van der Waals surface area contributed by atoms with E-state index in [9.17, 15) is 0 Å². The van der Waals surface area contributed by atoms with Crippen molar-refractivity contribution >= 4 is 11.6 Å². The SMILES string of the molecule is CN(Cc1ccccc1Cl)C1CCCCCCC1. The molecule has 0 unspecified atom stereocenters. The Balaban J connectivity index is 1.93. The van der Waals surface area contributed by atoms with Gasteiger partial charge in [0.2, 0.25) is 0 Å². The van der Waals surface area contributed by atoms with Crippen LogP contribution in [-0.4, -0.2) is 18.0 Å². The molecule has 0 radical (unpaired) electrons. The second-order valence-corrected chi connectivity index (χ2v) is 5.91. The van der Waals surface area contributed by atoms with Crippen LogP contribution in [0, 0.1) is 0 Å². The molecule has 0 atom stereocenters. The highest BCUT2D eigenvalue weighted by molar-refractivity contribution is 6.31. The Labute approximate surface area is 116 Å². The van der Waals surface area contributed by atoms with Crippen LogP contribution in [0.3, 0.4) is 0 Å². The molecule has 1 aliphatic rings. The molecule has 0 heterocycles. The maximum atomic E-state index is 6.24. The largest absolute Gasteiger partial charge is 0.299 e. The summed E-state index contributed by atoms with van der Waals surface area (Å²) in [7, 11) is 2.25. The van der Waals surface area contributed by atoms with E-state index < -0.39 is 0 Å². The predicted molar refractivity (Wildman–Crippen MR) is 79.0 cm³/mol. The van der Waals surface area contributed by atoms with Gasteiger partial charge in [0.1, 0.15) is 0 Å². The minimum absolute atomic E-state index is 0.738. The molecule has 1 aliphatic carbocycles. The number of hydrogen-bond acceptors (Lipinski definition) is 1. The molecule has 0 bridgehead atoms. The molecule has 1 nitrogen and oxygen atoms in total. The Morgan fingerprint density at radius 3 is 2.33 bits per heavy atom. The molecule has 0 N–H and O–H groups in total. The molecule has 2 rings (SSSR count). The highest BCUT2D eigenvalue weighted by atomic mass is 35.5. The van der Waals surface area contributed by atoms with Crippen LogP contribution in [0.5, 0.6) is 0 Å². The molecule has 100 valence electrons. The Kier molecular flexibility index (Phi) is 5.52. The standard InChI is InChI=1S/C16H24ClN/c1-18(13-14-9-7-8-12-16(14)17)15-10-5-3-2-4-6-11-15/h7-9,12,15H,2-6,10-11,13H2,1H3. The first-order valence-corrected chi connectivity index (χ1v) is 7.59. The second-order valence-electron chi connectivity index (χ2n) is 5.51. The predicted octanol–water partition coefficient (Wildman–Crippen LogP) is 4.88. The molecule has 0 aromatic heterocycles. The van der Waals surface area contributed by atoms with Crippen LogP contribution in [-0.2, 0) is 6.54 Å². The fraction of sp³-hybridized carbons (Fsp3) is 0.625. The maximum Gasteiger partial charge on any atom is 0.0451 e. The molecule has 1 saturated carbocycles. The van der Waals surface area contributed by atoms with Crippen molar-refractivity contribution in [2.45, 2.75) is 57.5 Å². The molecule has 0 spiro atoms. The quantitative estimate of drug-likeness (QED) is 0.753. The molecular formula is C16H24ClN. The van der Waals surface area contributed by atoms with Gasteiger partial charge >= 0.3 is 0 Å². The average Bonchev–Trinajstić information content (AvgIpc) is 2.31. The van der Waals surface area contributed by atoms with E-state index >= 15 is 0 Å². The summed E-state index contributed by atoms with van der Waals surface area (Å²) >= 11 is 6.24. The fourth-order valence-corrected chi connectivity index (χ4v) is 3.10. The zero-order valence-electron chi connectivity index (χ0n) is 11.4. The molecule has 2 heteroatoms. The van der Waals surface area contributed by atoms with Crippen LogP contribution < -0.4 is 0 Å². The summed E-state index contributed by atoms with van der Waals surface area (Å²) < 4.78 is 0. The smallest absolute Gasteiger partial charge is 0.0451 e. The average molecular weight is 266 g/mol. The van der Waals surface area contributed by atoms with Crippen LogP contribution in [0.1, 0.15) is 50.5 Å². The summed E-state index contributed by atoms with van der Waals surface area (Å²) in [4.78, 5) is 2.49. The molecule has 18 heavy (non-hydrogen) atoms. The maximum absolute atomic E-state index is 6.24. The van der Waals surface area contributed by atoms with Gasteiger partial charge in [-0.05, 0) is 31.5 Å². The van der Waals surface area contributed by atoms with E-state index in [1.807, 2.05) is 12.1 Å². The van der Waals surface area contributed by atoms with Crippen molar-refractivity contribution in [3.63, 3.8) is 0 Å². The van der Waals surface area contributed by atoms with Gasteiger partial charge in [0.05, 0.1) is 0 Å². The van der Waals surface area contributed by atoms with E-state index in [0.29, 0.717) is 0 Å². The number of nitrogens with zero attached hydrogens (tertiary/aromatic N) is 1. The van der Waals surface area contributed by atoms with E-state index in [4.69, 9.17) is 11.6 Å². The van der Waals surface area contributed by atoms with Gasteiger partial charge in [-0.2, -0.15) is 0 Å². The molecule has 1 aromatic rings. The Morgan fingerprint density at radius 1 is 1.06 bits per heavy atom. The third kappa shape index (κ3) is 4.00. The summed E-state index contributed by atoms with van der Waals surface area (Å²) in [6, 6.07) is 8.95. The van der Waals surface area contributed by atoms with Crippen LogP contribution >= 0.6 is 11.6 Å². The summed E-state index contributed by atoms with van der Waals surface area (Å²) in [6.07, 6.45) is 9.73. The zero-order chi connectivity index (χ0) is 12.8. The topological polar surface area (TPSA) is 3.24 Å². The lowest BCUT2D eigenvalue weighted by molar-refractivity contribution is 0.196. The minimum Gasteiger partial charge on any atom is -0.299 e. The lowest BCUT2D eigenvalue weighted by Crippen LogP contribution is -2.31. The summed E-state index contributed by atoms with van der Waals surface area (Å²) in [5.41, 5.74) is 1.25. The summed E-state index contributed by atoms with van der Waals surface area (Å²) in [6.45, 7) is 0.977. The van der Waals surface area contributed by atoms with Crippen LogP contribution in [0.2, 0.25) is 5.02 Å². The van der Waals surface area contributed by atoms with E-state index in [0.717, 1.165) is 17.6 Å². The Bertz CT molecular complexity index is 356.